The second-order valence-corrected chi connectivity index (χ2v) is 4.80. The highest BCUT2D eigenvalue weighted by atomic mass is 19.4. The summed E-state index contributed by atoms with van der Waals surface area (Å²) in [6.07, 6.45) is -2.52. The number of fused-ring (bicyclic) bond motifs is 1. The minimum Gasteiger partial charge on any atom is -0.315 e. The van der Waals surface area contributed by atoms with Crippen LogP contribution in [0.4, 0.5) is 13.2 Å². The SMILES string of the molecule is O=c1c2c(C(F)(F)F)cccc2ncn1C1CCNC1. The molecule has 0 aliphatic carbocycles. The first kappa shape index (κ1) is 13.1. The van der Waals surface area contributed by atoms with Crippen LogP contribution in [0.1, 0.15) is 18.0 Å². The molecule has 7 heteroatoms. The highest BCUT2D eigenvalue weighted by molar-refractivity contribution is 5.81. The summed E-state index contributed by atoms with van der Waals surface area (Å²) < 4.78 is 40.4. The molecular weight excluding hydrogens is 271 g/mol. The first-order valence-corrected chi connectivity index (χ1v) is 6.26. The Hall–Kier alpha value is -1.89. The van der Waals surface area contributed by atoms with E-state index in [0.29, 0.717) is 13.0 Å². The standard InChI is InChI=1S/C13H12F3N3O/c14-13(15,16)9-2-1-3-10-11(9)12(20)19(7-18-10)8-4-5-17-6-8/h1-3,7-8,17H,4-6H2. The summed E-state index contributed by atoms with van der Waals surface area (Å²) in [5.74, 6) is 0. The first-order chi connectivity index (χ1) is 9.48. The number of alkyl halides is 3. The van der Waals surface area contributed by atoms with Crippen LogP contribution in [0.15, 0.2) is 29.3 Å². The van der Waals surface area contributed by atoms with Crippen molar-refractivity contribution in [3.05, 3.63) is 40.4 Å². The van der Waals surface area contributed by atoms with Crippen molar-refractivity contribution in [2.45, 2.75) is 18.6 Å². The van der Waals surface area contributed by atoms with Crippen LogP contribution in [0.5, 0.6) is 0 Å². The topological polar surface area (TPSA) is 46.9 Å². The molecule has 0 amide bonds. The molecule has 1 aromatic carbocycles. The van der Waals surface area contributed by atoms with E-state index in [-0.39, 0.29) is 16.9 Å². The Kier molecular flexibility index (Phi) is 3.01. The lowest BCUT2D eigenvalue weighted by Crippen LogP contribution is -2.28. The molecule has 0 spiro atoms. The van der Waals surface area contributed by atoms with E-state index in [1.165, 1.54) is 23.0 Å². The van der Waals surface area contributed by atoms with Gasteiger partial charge in [0.1, 0.15) is 0 Å². The van der Waals surface area contributed by atoms with E-state index in [1.807, 2.05) is 0 Å². The highest BCUT2D eigenvalue weighted by Gasteiger charge is 2.34. The zero-order valence-electron chi connectivity index (χ0n) is 10.4. The van der Waals surface area contributed by atoms with Crippen LogP contribution in [0.25, 0.3) is 10.9 Å². The summed E-state index contributed by atoms with van der Waals surface area (Å²) >= 11 is 0. The Bertz CT molecular complexity index is 702. The maximum atomic E-state index is 13.0. The van der Waals surface area contributed by atoms with Crippen molar-refractivity contribution < 1.29 is 13.2 Å². The van der Waals surface area contributed by atoms with Crippen molar-refractivity contribution in [2.24, 2.45) is 0 Å². The first-order valence-electron chi connectivity index (χ1n) is 6.26. The smallest absolute Gasteiger partial charge is 0.315 e. The number of benzene rings is 1. The molecule has 1 fully saturated rings. The molecule has 1 aliphatic heterocycles. The predicted octanol–water partition coefficient (Wildman–Crippen LogP) is 1.95. The van der Waals surface area contributed by atoms with E-state index < -0.39 is 17.3 Å². The van der Waals surface area contributed by atoms with Gasteiger partial charge < -0.3 is 5.32 Å². The summed E-state index contributed by atoms with van der Waals surface area (Å²) in [6, 6.07) is 3.46. The van der Waals surface area contributed by atoms with Gasteiger partial charge in [0.25, 0.3) is 5.56 Å². The van der Waals surface area contributed by atoms with Gasteiger partial charge in [-0.1, -0.05) is 6.07 Å². The van der Waals surface area contributed by atoms with Gasteiger partial charge in [-0.2, -0.15) is 13.2 Å². The van der Waals surface area contributed by atoms with Gasteiger partial charge in [-0.15, -0.1) is 0 Å². The highest BCUT2D eigenvalue weighted by Crippen LogP contribution is 2.32. The molecule has 0 saturated carbocycles. The summed E-state index contributed by atoms with van der Waals surface area (Å²) in [5.41, 5.74) is -1.48. The average Bonchev–Trinajstić information content (AvgIpc) is 2.91. The molecule has 4 nitrogen and oxygen atoms in total. The Morgan fingerprint density at radius 1 is 1.35 bits per heavy atom. The molecule has 106 valence electrons. The van der Waals surface area contributed by atoms with E-state index in [0.717, 1.165) is 12.6 Å². The number of rotatable bonds is 1. The number of nitrogens with one attached hydrogen (secondary N) is 1. The fourth-order valence-corrected chi connectivity index (χ4v) is 2.55. The van der Waals surface area contributed by atoms with E-state index >= 15 is 0 Å². The van der Waals surface area contributed by atoms with Gasteiger partial charge in [0, 0.05) is 6.54 Å². The van der Waals surface area contributed by atoms with Gasteiger partial charge in [-0.05, 0) is 25.1 Å². The van der Waals surface area contributed by atoms with Crippen molar-refractivity contribution >= 4 is 10.9 Å². The molecular formula is C13H12F3N3O. The van der Waals surface area contributed by atoms with E-state index in [4.69, 9.17) is 0 Å². The lowest BCUT2D eigenvalue weighted by Gasteiger charge is -2.15. The fourth-order valence-electron chi connectivity index (χ4n) is 2.55. The second kappa shape index (κ2) is 4.59. The number of aromatic nitrogens is 2. The van der Waals surface area contributed by atoms with Crippen molar-refractivity contribution in [3.63, 3.8) is 0 Å². The Balaban J connectivity index is 2.28. The quantitative estimate of drug-likeness (QED) is 0.870. The molecule has 0 radical (unpaired) electrons. The number of halogens is 3. The zero-order chi connectivity index (χ0) is 14.3. The number of hydrogen-bond donors (Lipinski definition) is 1. The molecule has 1 aliphatic rings. The van der Waals surface area contributed by atoms with Gasteiger partial charge in [0.2, 0.25) is 0 Å². The Labute approximate surface area is 112 Å². The molecule has 1 atom stereocenters. The van der Waals surface area contributed by atoms with E-state index in [1.54, 1.807) is 0 Å². The van der Waals surface area contributed by atoms with Crippen LogP contribution in [0.2, 0.25) is 0 Å². The lowest BCUT2D eigenvalue weighted by atomic mass is 10.1. The maximum absolute atomic E-state index is 13.0. The maximum Gasteiger partial charge on any atom is 0.417 e. The number of hydrogen-bond acceptors (Lipinski definition) is 3. The van der Waals surface area contributed by atoms with Crippen molar-refractivity contribution in [1.82, 2.24) is 14.9 Å². The molecule has 2 heterocycles. The molecule has 3 rings (SSSR count). The van der Waals surface area contributed by atoms with Gasteiger partial charge in [0.15, 0.2) is 0 Å². The fraction of sp³-hybridized carbons (Fsp3) is 0.385. The summed E-state index contributed by atoms with van der Waals surface area (Å²) in [7, 11) is 0. The second-order valence-electron chi connectivity index (χ2n) is 4.80. The minimum absolute atomic E-state index is 0.0760. The van der Waals surface area contributed by atoms with Crippen LogP contribution in [-0.2, 0) is 6.18 Å². The van der Waals surface area contributed by atoms with Crippen molar-refractivity contribution in [2.75, 3.05) is 13.1 Å². The minimum atomic E-state index is -4.56. The van der Waals surface area contributed by atoms with Gasteiger partial charge in [-0.25, -0.2) is 4.98 Å². The molecule has 1 saturated heterocycles. The third kappa shape index (κ3) is 2.07. The Morgan fingerprint density at radius 2 is 2.15 bits per heavy atom. The monoisotopic (exact) mass is 283 g/mol. The van der Waals surface area contributed by atoms with Crippen molar-refractivity contribution in [3.8, 4) is 0 Å². The summed E-state index contributed by atoms with van der Waals surface area (Å²) in [4.78, 5) is 16.4. The molecule has 1 aromatic heterocycles. The van der Waals surface area contributed by atoms with Gasteiger partial charge in [0.05, 0.1) is 28.8 Å². The van der Waals surface area contributed by atoms with E-state index in [9.17, 15) is 18.0 Å². The van der Waals surface area contributed by atoms with Crippen LogP contribution in [0.3, 0.4) is 0 Å². The largest absolute Gasteiger partial charge is 0.417 e. The molecule has 0 bridgehead atoms. The molecule has 1 unspecified atom stereocenters. The van der Waals surface area contributed by atoms with Crippen LogP contribution < -0.4 is 10.9 Å². The summed E-state index contributed by atoms with van der Waals surface area (Å²) in [6.45, 7) is 1.32. The lowest BCUT2D eigenvalue weighted by molar-refractivity contribution is -0.136. The van der Waals surface area contributed by atoms with Crippen molar-refractivity contribution in [1.29, 1.82) is 0 Å². The zero-order valence-corrected chi connectivity index (χ0v) is 10.4. The van der Waals surface area contributed by atoms with Gasteiger partial charge in [-0.3, -0.25) is 9.36 Å². The predicted molar refractivity (Wildman–Crippen MR) is 67.5 cm³/mol. The molecule has 20 heavy (non-hydrogen) atoms. The average molecular weight is 283 g/mol. The van der Waals surface area contributed by atoms with Crippen LogP contribution >= 0.6 is 0 Å². The normalized spacial score (nSPS) is 19.6. The van der Waals surface area contributed by atoms with Gasteiger partial charge >= 0.3 is 6.18 Å². The third-order valence-electron chi connectivity index (χ3n) is 3.55. The van der Waals surface area contributed by atoms with E-state index in [2.05, 4.69) is 10.3 Å². The third-order valence-corrected chi connectivity index (χ3v) is 3.55. The number of nitrogens with zero attached hydrogens (tertiary/aromatic N) is 2. The molecule has 2 aromatic rings. The summed E-state index contributed by atoms with van der Waals surface area (Å²) in [5, 5.41) is 2.73. The Morgan fingerprint density at radius 3 is 2.80 bits per heavy atom. The molecule has 1 N–H and O–H groups in total. The van der Waals surface area contributed by atoms with Crippen LogP contribution in [-0.4, -0.2) is 22.6 Å². The van der Waals surface area contributed by atoms with Crippen LogP contribution in [0, 0.1) is 0 Å².